The third-order valence-corrected chi connectivity index (χ3v) is 6.63. The molecule has 0 aliphatic heterocycles. The molecule has 1 amide bonds. The second kappa shape index (κ2) is 11.6. The van der Waals surface area contributed by atoms with Crippen molar-refractivity contribution in [1.82, 2.24) is 25.1 Å². The van der Waals surface area contributed by atoms with Crippen LogP contribution in [-0.2, 0) is 30.5 Å². The van der Waals surface area contributed by atoms with Gasteiger partial charge < -0.3 is 19.6 Å². The molecule has 0 bridgehead atoms. The zero-order valence-corrected chi connectivity index (χ0v) is 22.7. The molecule has 5 aromatic rings. The first kappa shape index (κ1) is 26.2. The van der Waals surface area contributed by atoms with Crippen LogP contribution in [0.15, 0.2) is 91.1 Å². The Balaban J connectivity index is 1.51. The normalized spacial score (nSPS) is 12.4. The Morgan fingerprint density at radius 1 is 0.923 bits per heavy atom. The Kier molecular flexibility index (Phi) is 7.77. The summed E-state index contributed by atoms with van der Waals surface area (Å²) in [7, 11) is 0. The van der Waals surface area contributed by atoms with Crippen molar-refractivity contribution in [2.24, 2.45) is 0 Å². The summed E-state index contributed by atoms with van der Waals surface area (Å²) in [6.07, 6.45) is 3.53. The molecule has 5 rings (SSSR count). The van der Waals surface area contributed by atoms with Gasteiger partial charge >= 0.3 is 6.09 Å². The third-order valence-electron chi connectivity index (χ3n) is 6.63. The van der Waals surface area contributed by atoms with Crippen molar-refractivity contribution in [2.45, 2.75) is 58.2 Å². The number of carbonyl (C=O) groups excluding carboxylic acids is 1. The van der Waals surface area contributed by atoms with E-state index in [1.165, 1.54) is 5.56 Å². The van der Waals surface area contributed by atoms with Crippen molar-refractivity contribution < 1.29 is 9.53 Å². The summed E-state index contributed by atoms with van der Waals surface area (Å²) < 4.78 is 7.82. The number of carbonyl (C=O) groups is 1. The van der Waals surface area contributed by atoms with E-state index in [0.717, 1.165) is 34.3 Å². The number of H-pyrrole nitrogens is 1. The van der Waals surface area contributed by atoms with Crippen LogP contribution in [-0.4, -0.2) is 31.4 Å². The molecular weight excluding hydrogens is 486 g/mol. The predicted molar refractivity (Wildman–Crippen MR) is 154 cm³/mol. The first-order chi connectivity index (χ1) is 18.9. The molecule has 39 heavy (non-hydrogen) atoms. The summed E-state index contributed by atoms with van der Waals surface area (Å²) in [5.41, 5.74) is 3.92. The van der Waals surface area contributed by atoms with Crippen LogP contribution >= 0.6 is 0 Å². The van der Waals surface area contributed by atoms with E-state index in [2.05, 4.69) is 73.6 Å². The lowest BCUT2D eigenvalue weighted by Gasteiger charge is -2.24. The SMILES string of the molecule is CC(C)(C)OC(=O)N[C@H](Cc1c[nH]c2ccccc12)c1nnc(Cc2ccccc2)n1CCc1ccccc1. The standard InChI is InChI=1S/C32H35N5O2/c1-32(2,3)39-31(38)34-28(21-25-22-33-27-17-11-10-16-26(25)27)30-36-35-29(20-24-14-8-5-9-15-24)37(30)19-18-23-12-6-4-7-13-23/h4-17,22,28,33H,18-21H2,1-3H3,(H,34,38)/t28-/m1/s1. The first-order valence-electron chi connectivity index (χ1n) is 13.4. The molecule has 0 spiro atoms. The molecule has 0 fully saturated rings. The number of nitrogens with zero attached hydrogens (tertiary/aromatic N) is 3. The predicted octanol–water partition coefficient (Wildman–Crippen LogP) is 6.40. The maximum atomic E-state index is 13.0. The van der Waals surface area contributed by atoms with Crippen molar-refractivity contribution in [1.29, 1.82) is 0 Å². The topological polar surface area (TPSA) is 84.8 Å². The minimum Gasteiger partial charge on any atom is -0.444 e. The van der Waals surface area contributed by atoms with Gasteiger partial charge in [-0.1, -0.05) is 78.9 Å². The number of para-hydroxylation sites is 1. The number of hydrogen-bond acceptors (Lipinski definition) is 4. The number of ether oxygens (including phenoxy) is 1. The smallest absolute Gasteiger partial charge is 0.408 e. The van der Waals surface area contributed by atoms with Crippen molar-refractivity contribution in [3.8, 4) is 0 Å². The average molecular weight is 522 g/mol. The van der Waals surface area contributed by atoms with Crippen molar-refractivity contribution >= 4 is 17.0 Å². The molecule has 2 heterocycles. The number of aromatic nitrogens is 4. The third kappa shape index (κ3) is 6.74. The molecule has 0 aliphatic rings. The van der Waals surface area contributed by atoms with E-state index >= 15 is 0 Å². The second-order valence-electron chi connectivity index (χ2n) is 10.8. The van der Waals surface area contributed by atoms with Gasteiger partial charge in [0.05, 0.1) is 6.04 Å². The van der Waals surface area contributed by atoms with Gasteiger partial charge in [-0.2, -0.15) is 0 Å². The number of aryl methyl sites for hydroxylation is 1. The lowest BCUT2D eigenvalue weighted by atomic mass is 10.0. The van der Waals surface area contributed by atoms with Crippen molar-refractivity contribution in [3.63, 3.8) is 0 Å². The molecule has 3 aromatic carbocycles. The van der Waals surface area contributed by atoms with E-state index in [-0.39, 0.29) is 0 Å². The Bertz CT molecular complexity index is 1520. The molecule has 200 valence electrons. The summed E-state index contributed by atoms with van der Waals surface area (Å²) in [5, 5.41) is 13.5. The molecule has 0 saturated heterocycles. The lowest BCUT2D eigenvalue weighted by Crippen LogP contribution is -2.37. The van der Waals surface area contributed by atoms with E-state index in [1.54, 1.807) is 0 Å². The van der Waals surface area contributed by atoms with Gasteiger partial charge in [-0.3, -0.25) is 0 Å². The summed E-state index contributed by atoms with van der Waals surface area (Å²) in [5.74, 6) is 1.58. The first-order valence-corrected chi connectivity index (χ1v) is 13.4. The number of rotatable bonds is 9. The van der Waals surface area contributed by atoms with Crippen LogP contribution < -0.4 is 5.32 Å². The van der Waals surface area contributed by atoms with Gasteiger partial charge in [0.25, 0.3) is 0 Å². The molecule has 1 atom stereocenters. The number of fused-ring (bicyclic) bond motifs is 1. The molecule has 0 aliphatic carbocycles. The van der Waals surface area contributed by atoms with Gasteiger partial charge in [0.1, 0.15) is 11.4 Å². The Labute approximate surface area is 229 Å². The Hall–Kier alpha value is -4.39. The van der Waals surface area contributed by atoms with Crippen molar-refractivity contribution in [2.75, 3.05) is 0 Å². The monoisotopic (exact) mass is 521 g/mol. The largest absolute Gasteiger partial charge is 0.444 e. The summed E-state index contributed by atoms with van der Waals surface area (Å²) in [6, 6.07) is 28.4. The number of alkyl carbamates (subject to hydrolysis) is 1. The highest BCUT2D eigenvalue weighted by Crippen LogP contribution is 2.26. The highest BCUT2D eigenvalue weighted by Gasteiger charge is 2.27. The molecular formula is C32H35N5O2. The molecule has 0 unspecified atom stereocenters. The van der Waals surface area contributed by atoms with Gasteiger partial charge in [0.15, 0.2) is 5.82 Å². The van der Waals surface area contributed by atoms with E-state index in [0.29, 0.717) is 25.2 Å². The molecule has 0 saturated carbocycles. The van der Waals surface area contributed by atoms with Crippen LogP contribution in [0.1, 0.15) is 55.2 Å². The van der Waals surface area contributed by atoms with E-state index in [9.17, 15) is 4.79 Å². The van der Waals surface area contributed by atoms with Crippen LogP contribution in [0.5, 0.6) is 0 Å². The highest BCUT2D eigenvalue weighted by atomic mass is 16.6. The van der Waals surface area contributed by atoms with Gasteiger partial charge in [-0.25, -0.2) is 4.79 Å². The quantitative estimate of drug-likeness (QED) is 0.235. The zero-order chi connectivity index (χ0) is 27.2. The number of amides is 1. The maximum Gasteiger partial charge on any atom is 0.408 e. The average Bonchev–Trinajstić information content (AvgIpc) is 3.51. The number of nitrogens with one attached hydrogen (secondary N) is 2. The summed E-state index contributed by atoms with van der Waals surface area (Å²) in [6.45, 7) is 6.28. The van der Waals surface area contributed by atoms with Crippen LogP contribution in [0.3, 0.4) is 0 Å². The van der Waals surface area contributed by atoms with Gasteiger partial charge in [0.2, 0.25) is 0 Å². The second-order valence-corrected chi connectivity index (χ2v) is 10.8. The highest BCUT2D eigenvalue weighted by molar-refractivity contribution is 5.83. The number of hydrogen-bond donors (Lipinski definition) is 2. The number of aromatic amines is 1. The fourth-order valence-electron chi connectivity index (χ4n) is 4.82. The van der Waals surface area contributed by atoms with E-state index in [4.69, 9.17) is 4.74 Å². The van der Waals surface area contributed by atoms with Crippen LogP contribution in [0, 0.1) is 0 Å². The Morgan fingerprint density at radius 2 is 1.59 bits per heavy atom. The fraction of sp³-hybridized carbons (Fsp3) is 0.281. The molecule has 2 N–H and O–H groups in total. The Morgan fingerprint density at radius 3 is 2.31 bits per heavy atom. The van der Waals surface area contributed by atoms with Crippen LogP contribution in [0.2, 0.25) is 0 Å². The maximum absolute atomic E-state index is 13.0. The minimum absolute atomic E-state index is 0.438. The minimum atomic E-state index is -0.616. The molecule has 7 nitrogen and oxygen atoms in total. The van der Waals surface area contributed by atoms with Gasteiger partial charge in [0, 0.05) is 36.5 Å². The van der Waals surface area contributed by atoms with Gasteiger partial charge in [-0.15, -0.1) is 10.2 Å². The van der Waals surface area contributed by atoms with Crippen LogP contribution in [0.25, 0.3) is 10.9 Å². The van der Waals surface area contributed by atoms with Crippen molar-refractivity contribution in [3.05, 3.63) is 119 Å². The zero-order valence-electron chi connectivity index (χ0n) is 22.7. The van der Waals surface area contributed by atoms with Gasteiger partial charge in [-0.05, 0) is 49.9 Å². The molecule has 0 radical (unpaired) electrons. The molecule has 2 aromatic heterocycles. The van der Waals surface area contributed by atoms with Crippen LogP contribution in [0.4, 0.5) is 4.79 Å². The lowest BCUT2D eigenvalue weighted by molar-refractivity contribution is 0.0500. The van der Waals surface area contributed by atoms with E-state index < -0.39 is 17.7 Å². The molecule has 7 heteroatoms. The summed E-state index contributed by atoms with van der Waals surface area (Å²) >= 11 is 0. The number of benzene rings is 3. The van der Waals surface area contributed by atoms with E-state index in [1.807, 2.05) is 63.4 Å². The summed E-state index contributed by atoms with van der Waals surface area (Å²) in [4.78, 5) is 16.4. The fourth-order valence-corrected chi connectivity index (χ4v) is 4.82.